The second kappa shape index (κ2) is 7.28. The van der Waals surface area contributed by atoms with Crippen molar-refractivity contribution >= 4 is 17.4 Å². The molecule has 0 saturated carbocycles. The number of dihydropyridines is 1. The molecule has 0 bridgehead atoms. The van der Waals surface area contributed by atoms with Crippen LogP contribution in [0.2, 0.25) is 0 Å². The highest BCUT2D eigenvalue weighted by Gasteiger charge is 2.34. The zero-order chi connectivity index (χ0) is 18.8. The Morgan fingerprint density at radius 1 is 1.40 bits per heavy atom. The summed E-state index contributed by atoms with van der Waals surface area (Å²) in [4.78, 5) is 36.5. The number of aromatic amines is 1. The number of ketones is 1. The fourth-order valence-electron chi connectivity index (χ4n) is 2.10. The lowest BCUT2D eigenvalue weighted by molar-refractivity contribution is -0.0889. The van der Waals surface area contributed by atoms with Gasteiger partial charge in [0.1, 0.15) is 6.17 Å². The fraction of sp³-hybridized carbons (Fsp3) is 0.357. The summed E-state index contributed by atoms with van der Waals surface area (Å²) in [6, 6.07) is 0. The lowest BCUT2D eigenvalue weighted by atomic mass is 10.2. The van der Waals surface area contributed by atoms with E-state index in [0.717, 1.165) is 23.0 Å². The van der Waals surface area contributed by atoms with Gasteiger partial charge < -0.3 is 5.32 Å². The quantitative estimate of drug-likeness (QED) is 0.659. The summed E-state index contributed by atoms with van der Waals surface area (Å²) >= 11 is 5.82. The van der Waals surface area contributed by atoms with Gasteiger partial charge in [0.25, 0.3) is 5.56 Å². The Balaban J connectivity index is 2.01. The summed E-state index contributed by atoms with van der Waals surface area (Å²) in [5.41, 5.74) is -2.54. The maximum absolute atomic E-state index is 12.6. The Kier molecular flexibility index (Phi) is 5.53. The lowest BCUT2D eigenvalue weighted by Crippen LogP contribution is -2.44. The summed E-state index contributed by atoms with van der Waals surface area (Å²) < 4.78 is 38.8. The normalized spacial score (nSPS) is 17.6. The molecular formula is C14H14ClF3N4O3. The minimum absolute atomic E-state index is 0.0636. The molecule has 0 saturated heterocycles. The number of hydrogen-bond acceptors (Lipinski definition) is 5. The van der Waals surface area contributed by atoms with E-state index in [4.69, 9.17) is 11.6 Å². The van der Waals surface area contributed by atoms with Crippen molar-refractivity contribution in [3.63, 3.8) is 0 Å². The topological polar surface area (TPSA) is 96.0 Å². The molecular weight excluding hydrogens is 365 g/mol. The molecule has 3 N–H and O–H groups in total. The number of Topliss-reactive ketones (excluding diaryl/α,β-unsaturated/α-hetero) is 1. The van der Waals surface area contributed by atoms with E-state index >= 15 is 0 Å². The van der Waals surface area contributed by atoms with Crippen molar-refractivity contribution in [1.29, 1.82) is 0 Å². The Bertz CT molecular complexity index is 854. The Hall–Kier alpha value is -2.33. The van der Waals surface area contributed by atoms with E-state index in [9.17, 15) is 27.6 Å². The smallest absolute Gasteiger partial charge is 0.371 e. The Morgan fingerprint density at radius 2 is 2.08 bits per heavy atom. The molecule has 2 rings (SSSR count). The van der Waals surface area contributed by atoms with E-state index in [-0.39, 0.29) is 23.7 Å². The fourth-order valence-corrected chi connectivity index (χ4v) is 2.36. The Labute approximate surface area is 144 Å². The van der Waals surface area contributed by atoms with Crippen molar-refractivity contribution < 1.29 is 18.0 Å². The van der Waals surface area contributed by atoms with Crippen molar-refractivity contribution in [1.82, 2.24) is 20.2 Å². The zero-order valence-electron chi connectivity index (χ0n) is 12.9. The van der Waals surface area contributed by atoms with Crippen molar-refractivity contribution in [3.8, 4) is 0 Å². The van der Waals surface area contributed by atoms with E-state index in [2.05, 4.69) is 10.6 Å². The van der Waals surface area contributed by atoms with Gasteiger partial charge in [0.2, 0.25) is 0 Å². The van der Waals surface area contributed by atoms with Crippen molar-refractivity contribution in [3.05, 3.63) is 55.5 Å². The van der Waals surface area contributed by atoms with E-state index < -0.39 is 34.9 Å². The molecule has 1 aromatic heterocycles. The van der Waals surface area contributed by atoms with Crippen molar-refractivity contribution in [2.45, 2.75) is 25.8 Å². The average molecular weight is 379 g/mol. The largest absolute Gasteiger partial charge is 0.417 e. The number of nitrogens with one attached hydrogen (secondary N) is 3. The van der Waals surface area contributed by atoms with Crippen LogP contribution in [0.3, 0.4) is 0 Å². The second-order valence-corrected chi connectivity index (χ2v) is 5.67. The molecule has 1 unspecified atom stereocenters. The number of rotatable bonds is 5. The molecule has 11 heteroatoms. The molecule has 1 aliphatic heterocycles. The zero-order valence-corrected chi connectivity index (χ0v) is 13.7. The first-order valence-electron chi connectivity index (χ1n) is 7.08. The molecule has 0 aromatic carbocycles. The van der Waals surface area contributed by atoms with Crippen molar-refractivity contribution in [2.75, 3.05) is 6.54 Å². The second-order valence-electron chi connectivity index (χ2n) is 5.23. The van der Waals surface area contributed by atoms with Crippen LogP contribution in [0.15, 0.2) is 38.7 Å². The minimum atomic E-state index is -4.51. The number of halogens is 4. The molecule has 7 nitrogen and oxygen atoms in total. The van der Waals surface area contributed by atoms with Gasteiger partial charge in [-0.2, -0.15) is 13.2 Å². The third kappa shape index (κ3) is 4.60. The van der Waals surface area contributed by atoms with Gasteiger partial charge in [-0.3, -0.25) is 24.5 Å². The maximum atomic E-state index is 12.6. The lowest BCUT2D eigenvalue weighted by Gasteiger charge is -2.24. The average Bonchev–Trinajstić information content (AvgIpc) is 2.49. The predicted molar refractivity (Wildman–Crippen MR) is 84.3 cm³/mol. The molecule has 1 atom stereocenters. The predicted octanol–water partition coefficient (Wildman–Crippen LogP) is 0.827. The number of carbonyl (C=O) groups is 1. The highest BCUT2D eigenvalue weighted by Crippen LogP contribution is 2.29. The molecule has 25 heavy (non-hydrogen) atoms. The van der Waals surface area contributed by atoms with E-state index in [0.29, 0.717) is 0 Å². The van der Waals surface area contributed by atoms with Gasteiger partial charge in [-0.15, -0.1) is 0 Å². The maximum Gasteiger partial charge on any atom is 0.417 e. The van der Waals surface area contributed by atoms with Crippen LogP contribution in [0.4, 0.5) is 13.2 Å². The van der Waals surface area contributed by atoms with Gasteiger partial charge in [-0.25, -0.2) is 4.79 Å². The SMILES string of the molecule is CC(=O)c1cn(CCNC2NC=C(C(F)(F)F)C=C2Cl)c(=O)[nH]c1=O. The molecule has 136 valence electrons. The number of aromatic nitrogens is 2. The number of nitrogens with zero attached hydrogens (tertiary/aromatic N) is 1. The third-order valence-electron chi connectivity index (χ3n) is 3.39. The van der Waals surface area contributed by atoms with Crippen LogP contribution in [0, 0.1) is 0 Å². The van der Waals surface area contributed by atoms with Crippen LogP contribution < -0.4 is 21.9 Å². The van der Waals surface area contributed by atoms with E-state index in [1.807, 2.05) is 4.98 Å². The number of hydrogen-bond donors (Lipinski definition) is 3. The standard InChI is InChI=1S/C14H14ClF3N4O3/c1-7(23)9-6-22(13(25)21-12(9)24)3-2-19-11-10(15)4-8(5-20-11)14(16,17)18/h4-6,11,19-20H,2-3H2,1H3,(H,21,24,25). The Morgan fingerprint density at radius 3 is 2.64 bits per heavy atom. The highest BCUT2D eigenvalue weighted by atomic mass is 35.5. The van der Waals surface area contributed by atoms with Crippen molar-refractivity contribution in [2.24, 2.45) is 0 Å². The number of alkyl halides is 3. The number of carbonyl (C=O) groups excluding carboxylic acids is 1. The molecule has 1 aliphatic rings. The minimum Gasteiger partial charge on any atom is -0.371 e. The summed E-state index contributed by atoms with van der Waals surface area (Å²) in [6.45, 7) is 1.40. The summed E-state index contributed by atoms with van der Waals surface area (Å²) in [5.74, 6) is -0.493. The van der Waals surface area contributed by atoms with Crippen LogP contribution >= 0.6 is 11.6 Å². The van der Waals surface area contributed by atoms with Gasteiger partial charge in [-0.05, 0) is 13.0 Å². The first-order chi connectivity index (χ1) is 11.6. The molecule has 2 heterocycles. The molecule has 0 fully saturated rings. The number of H-pyrrole nitrogens is 1. The monoisotopic (exact) mass is 378 g/mol. The van der Waals surface area contributed by atoms with Gasteiger partial charge >= 0.3 is 11.9 Å². The highest BCUT2D eigenvalue weighted by molar-refractivity contribution is 6.30. The van der Waals surface area contributed by atoms with E-state index in [1.165, 1.54) is 6.92 Å². The molecule has 0 radical (unpaired) electrons. The van der Waals surface area contributed by atoms with Crippen LogP contribution in [-0.4, -0.2) is 34.2 Å². The first-order valence-corrected chi connectivity index (χ1v) is 7.46. The number of allylic oxidation sites excluding steroid dienone is 2. The van der Waals surface area contributed by atoms with E-state index in [1.54, 1.807) is 0 Å². The third-order valence-corrected chi connectivity index (χ3v) is 3.72. The van der Waals surface area contributed by atoms with Crippen LogP contribution in [0.25, 0.3) is 0 Å². The first kappa shape index (κ1) is 19.0. The van der Waals surface area contributed by atoms with Gasteiger partial charge in [0, 0.05) is 25.5 Å². The van der Waals surface area contributed by atoms with Crippen LogP contribution in [-0.2, 0) is 6.54 Å². The molecule has 0 spiro atoms. The van der Waals surface area contributed by atoms with Gasteiger partial charge in [0.05, 0.1) is 16.2 Å². The summed E-state index contributed by atoms with van der Waals surface area (Å²) in [5, 5.41) is 5.21. The molecule has 1 aromatic rings. The van der Waals surface area contributed by atoms with Crippen LogP contribution in [0.5, 0.6) is 0 Å². The summed E-state index contributed by atoms with van der Waals surface area (Å²) in [7, 11) is 0. The van der Waals surface area contributed by atoms with Gasteiger partial charge in [0.15, 0.2) is 5.78 Å². The molecule has 0 aliphatic carbocycles. The molecule has 0 amide bonds. The van der Waals surface area contributed by atoms with Crippen LogP contribution in [0.1, 0.15) is 17.3 Å². The summed E-state index contributed by atoms with van der Waals surface area (Å²) in [6.07, 6.45) is -2.53. The van der Waals surface area contributed by atoms with Gasteiger partial charge in [-0.1, -0.05) is 11.6 Å².